The number of nitrogen functional groups attached to an aromatic ring is 1. The molecule has 11 heteroatoms. The van der Waals surface area contributed by atoms with Crippen LogP contribution < -0.4 is 5.73 Å². The van der Waals surface area contributed by atoms with Crippen LogP contribution in [0.4, 0.5) is 5.82 Å². The van der Waals surface area contributed by atoms with Gasteiger partial charge in [-0.05, 0) is 31.0 Å². The Kier molecular flexibility index (Phi) is 6.05. The number of piperidine rings is 1. The lowest BCUT2D eigenvalue weighted by molar-refractivity contribution is -0.130. The molecule has 0 saturated carbocycles. The Bertz CT molecular complexity index is 1550. The molecule has 1 fully saturated rings. The monoisotopic (exact) mass is 508 g/mol. The van der Waals surface area contributed by atoms with Crippen molar-refractivity contribution < 1.29 is 17.6 Å². The summed E-state index contributed by atoms with van der Waals surface area (Å²) in [6.07, 6.45) is 7.17. The minimum absolute atomic E-state index is 0.102. The summed E-state index contributed by atoms with van der Waals surface area (Å²) in [5.41, 5.74) is 8.88. The first-order chi connectivity index (χ1) is 17.1. The van der Waals surface area contributed by atoms with Gasteiger partial charge in [-0.1, -0.05) is 12.1 Å². The lowest BCUT2D eigenvalue weighted by atomic mass is 10.0. The minimum atomic E-state index is -3.59. The van der Waals surface area contributed by atoms with Crippen LogP contribution in [0.15, 0.2) is 58.2 Å². The summed E-state index contributed by atoms with van der Waals surface area (Å²) in [6, 6.07) is 8.68. The lowest BCUT2D eigenvalue weighted by Crippen LogP contribution is -2.37. The first-order valence-corrected chi connectivity index (χ1v) is 13.1. The lowest BCUT2D eigenvalue weighted by Gasteiger charge is -2.31. The Hall–Kier alpha value is -3.70. The molecule has 36 heavy (non-hydrogen) atoms. The zero-order chi connectivity index (χ0) is 25.6. The van der Waals surface area contributed by atoms with Gasteiger partial charge in [-0.25, -0.2) is 17.7 Å². The predicted molar refractivity (Wildman–Crippen MR) is 136 cm³/mol. The molecule has 1 aliphatic heterocycles. The van der Waals surface area contributed by atoms with Gasteiger partial charge in [0.15, 0.2) is 11.4 Å². The van der Waals surface area contributed by atoms with Crippen LogP contribution in [0, 0.1) is 0 Å². The Morgan fingerprint density at radius 1 is 1.14 bits per heavy atom. The fourth-order valence-corrected chi connectivity index (χ4v) is 5.51. The quantitative estimate of drug-likeness (QED) is 0.438. The fraction of sp³-hybridized carbons (Fsp3) is 0.320. The van der Waals surface area contributed by atoms with E-state index >= 15 is 0 Å². The molecule has 0 unspecified atom stereocenters. The number of rotatable bonds is 5. The number of carbonyl (C=O) groups is 1. The highest BCUT2D eigenvalue weighted by Crippen LogP contribution is 2.37. The van der Waals surface area contributed by atoms with Crippen LogP contribution in [0.25, 0.3) is 33.4 Å². The molecule has 0 atom stereocenters. The number of nitrogens with two attached hydrogens (primary N) is 1. The maximum atomic E-state index is 12.6. The number of pyridine rings is 1. The summed E-state index contributed by atoms with van der Waals surface area (Å²) >= 11 is 0. The number of likely N-dealkylation sites (tertiary alicyclic amines) is 1. The number of anilines is 1. The largest absolute Gasteiger partial charge is 0.452 e. The number of carbonyl (C=O) groups excluding carboxylic acids is 1. The van der Waals surface area contributed by atoms with Crippen molar-refractivity contribution in [2.75, 3.05) is 32.9 Å². The van der Waals surface area contributed by atoms with Gasteiger partial charge in [0, 0.05) is 68.6 Å². The molecular formula is C25H28N6O4S. The molecule has 10 nitrogen and oxygen atoms in total. The topological polar surface area (TPSA) is 128 Å². The third-order valence-electron chi connectivity index (χ3n) is 6.68. The molecule has 1 aromatic carbocycles. The zero-order valence-electron chi connectivity index (χ0n) is 20.4. The van der Waals surface area contributed by atoms with E-state index in [2.05, 4.69) is 10.1 Å². The van der Waals surface area contributed by atoms with Crippen molar-refractivity contribution >= 4 is 32.7 Å². The van der Waals surface area contributed by atoms with E-state index in [1.165, 1.54) is 18.4 Å². The number of aromatic nitrogens is 3. The van der Waals surface area contributed by atoms with E-state index in [1.807, 2.05) is 21.8 Å². The van der Waals surface area contributed by atoms with E-state index in [0.717, 1.165) is 42.4 Å². The van der Waals surface area contributed by atoms with Gasteiger partial charge in [0.25, 0.3) is 0 Å². The molecule has 5 rings (SSSR count). The predicted octanol–water partition coefficient (Wildman–Crippen LogP) is 3.37. The standard InChI is InChI=1S/C25H28N6O4S/c1-16(32)30-9-7-19(8-10-30)31-15-18(13-28-31)22-14-27-25(26)24-21(22)12-23(35-24)17-5-4-6-20(11-17)36(33,34)29(2)3/h4-6,11-15,19H,7-10H2,1-3H3,(H2,26,27). The number of sulfonamides is 1. The van der Waals surface area contributed by atoms with Gasteiger partial charge >= 0.3 is 0 Å². The Morgan fingerprint density at radius 2 is 1.89 bits per heavy atom. The van der Waals surface area contributed by atoms with Crippen molar-refractivity contribution in [3.05, 3.63) is 48.9 Å². The summed E-state index contributed by atoms with van der Waals surface area (Å²) < 4.78 is 34.4. The molecule has 2 N–H and O–H groups in total. The summed E-state index contributed by atoms with van der Waals surface area (Å²) in [7, 11) is -0.602. The molecule has 0 spiro atoms. The number of fused-ring (bicyclic) bond motifs is 1. The Balaban J connectivity index is 1.49. The fourth-order valence-electron chi connectivity index (χ4n) is 4.56. The van der Waals surface area contributed by atoms with Gasteiger partial charge < -0.3 is 15.1 Å². The van der Waals surface area contributed by atoms with Gasteiger partial charge in [0.1, 0.15) is 5.76 Å². The highest BCUT2D eigenvalue weighted by Gasteiger charge is 2.24. The first-order valence-electron chi connectivity index (χ1n) is 11.7. The zero-order valence-corrected chi connectivity index (χ0v) is 21.2. The average molecular weight is 509 g/mol. The van der Waals surface area contributed by atoms with Crippen LogP contribution in [-0.2, 0) is 14.8 Å². The highest BCUT2D eigenvalue weighted by molar-refractivity contribution is 7.89. The molecule has 1 saturated heterocycles. The van der Waals surface area contributed by atoms with E-state index in [4.69, 9.17) is 10.2 Å². The molecule has 1 aliphatic rings. The number of hydrogen-bond donors (Lipinski definition) is 1. The maximum Gasteiger partial charge on any atom is 0.242 e. The van der Waals surface area contributed by atoms with Gasteiger partial charge in [-0.15, -0.1) is 0 Å². The second-order valence-corrected chi connectivity index (χ2v) is 11.3. The van der Waals surface area contributed by atoms with Gasteiger partial charge in [0.05, 0.1) is 17.1 Å². The second-order valence-electron chi connectivity index (χ2n) is 9.17. The number of nitrogens with zero attached hydrogens (tertiary/aromatic N) is 5. The van der Waals surface area contributed by atoms with Crippen molar-refractivity contribution in [3.63, 3.8) is 0 Å². The second kappa shape index (κ2) is 9.07. The molecule has 188 valence electrons. The van der Waals surface area contributed by atoms with Crippen LogP contribution in [0.5, 0.6) is 0 Å². The average Bonchev–Trinajstić information content (AvgIpc) is 3.53. The van der Waals surface area contributed by atoms with Crippen molar-refractivity contribution in [1.82, 2.24) is 24.0 Å². The summed E-state index contributed by atoms with van der Waals surface area (Å²) in [5, 5.41) is 5.36. The number of amides is 1. The van der Waals surface area contributed by atoms with Crippen molar-refractivity contribution in [1.29, 1.82) is 0 Å². The van der Waals surface area contributed by atoms with Crippen LogP contribution in [0.2, 0.25) is 0 Å². The summed E-state index contributed by atoms with van der Waals surface area (Å²) in [5.74, 6) is 0.845. The smallest absolute Gasteiger partial charge is 0.242 e. The van der Waals surface area contributed by atoms with Crippen molar-refractivity contribution in [2.24, 2.45) is 0 Å². The SMILES string of the molecule is CC(=O)N1CCC(n2cc(-c3cnc(N)c4oc(-c5cccc(S(=O)(=O)N(C)C)c5)cc34)cn2)CC1. The third-order valence-corrected chi connectivity index (χ3v) is 8.49. The minimum Gasteiger partial charge on any atom is -0.452 e. The molecule has 3 aromatic heterocycles. The number of benzene rings is 1. The molecular weight excluding hydrogens is 480 g/mol. The number of hydrogen-bond acceptors (Lipinski definition) is 7. The maximum absolute atomic E-state index is 12.6. The van der Waals surface area contributed by atoms with Crippen molar-refractivity contribution in [3.8, 4) is 22.5 Å². The molecule has 0 aliphatic carbocycles. The van der Waals surface area contributed by atoms with E-state index in [9.17, 15) is 13.2 Å². The van der Waals surface area contributed by atoms with E-state index < -0.39 is 10.0 Å². The van der Waals surface area contributed by atoms with Crippen LogP contribution >= 0.6 is 0 Å². The molecule has 0 bridgehead atoms. The van der Waals surface area contributed by atoms with Crippen LogP contribution in [0.1, 0.15) is 25.8 Å². The van der Waals surface area contributed by atoms with Gasteiger partial charge in [-0.2, -0.15) is 5.10 Å². The van der Waals surface area contributed by atoms with Crippen molar-refractivity contribution in [2.45, 2.75) is 30.7 Å². The highest BCUT2D eigenvalue weighted by atomic mass is 32.2. The normalized spacial score (nSPS) is 15.2. The third kappa shape index (κ3) is 4.24. The summed E-state index contributed by atoms with van der Waals surface area (Å²) in [4.78, 5) is 18.0. The number of furan rings is 1. The molecule has 0 radical (unpaired) electrons. The van der Waals surface area contributed by atoms with Crippen LogP contribution in [0.3, 0.4) is 0 Å². The first kappa shape index (κ1) is 24.0. The van der Waals surface area contributed by atoms with Crippen LogP contribution in [-0.4, -0.2) is 65.5 Å². The van der Waals surface area contributed by atoms with E-state index in [0.29, 0.717) is 16.9 Å². The van der Waals surface area contributed by atoms with E-state index in [-0.39, 0.29) is 22.7 Å². The Morgan fingerprint density at radius 3 is 2.58 bits per heavy atom. The van der Waals surface area contributed by atoms with Gasteiger partial charge in [-0.3, -0.25) is 9.48 Å². The molecule has 4 heterocycles. The molecule has 1 amide bonds. The van der Waals surface area contributed by atoms with Gasteiger partial charge in [0.2, 0.25) is 15.9 Å². The summed E-state index contributed by atoms with van der Waals surface area (Å²) in [6.45, 7) is 3.04. The Labute approximate surface area is 209 Å². The molecule has 4 aromatic rings. The van der Waals surface area contributed by atoms with E-state index in [1.54, 1.807) is 43.6 Å².